The lowest BCUT2D eigenvalue weighted by atomic mass is 10.2. The summed E-state index contributed by atoms with van der Waals surface area (Å²) in [4.78, 5) is 19.3. The number of sulfonamides is 1. The second-order valence-electron chi connectivity index (χ2n) is 8.23. The third-order valence-electron chi connectivity index (χ3n) is 5.61. The highest BCUT2D eigenvalue weighted by atomic mass is 79.9. The lowest BCUT2D eigenvalue weighted by molar-refractivity contribution is -0.113. The van der Waals surface area contributed by atoms with Crippen molar-refractivity contribution in [1.82, 2.24) is 19.1 Å². The van der Waals surface area contributed by atoms with E-state index in [2.05, 4.69) is 42.8 Å². The van der Waals surface area contributed by atoms with Crippen molar-refractivity contribution in [2.24, 2.45) is 0 Å². The molecule has 0 saturated carbocycles. The Kier molecular flexibility index (Phi) is 8.50. The molecule has 1 aliphatic rings. The van der Waals surface area contributed by atoms with E-state index in [1.807, 2.05) is 48.5 Å². The molecule has 12 heteroatoms. The van der Waals surface area contributed by atoms with Crippen LogP contribution in [0.15, 0.2) is 70.8 Å². The predicted octanol–water partition coefficient (Wildman–Crippen LogP) is 3.71. The minimum Gasteiger partial charge on any atom is -0.369 e. The van der Waals surface area contributed by atoms with Crippen LogP contribution in [0, 0.1) is 0 Å². The number of hydrogen-bond acceptors (Lipinski definition) is 7. The number of thioether (sulfide) groups is 1. The van der Waals surface area contributed by atoms with Gasteiger partial charge in [0.25, 0.3) is 0 Å². The number of rotatable bonds is 9. The summed E-state index contributed by atoms with van der Waals surface area (Å²) in [5.41, 5.74) is 2.62. The normalized spacial score (nSPS) is 14.6. The Hall–Kier alpha value is -2.67. The number of piperazine rings is 1. The lowest BCUT2D eigenvalue weighted by Gasteiger charge is -2.34. The molecule has 1 aliphatic heterocycles. The fraction of sp³-hybridized carbons (Fsp3) is 0.292. The lowest BCUT2D eigenvalue weighted by Crippen LogP contribution is -2.48. The van der Waals surface area contributed by atoms with Crippen molar-refractivity contribution in [3.8, 4) is 11.4 Å². The van der Waals surface area contributed by atoms with Gasteiger partial charge in [0, 0.05) is 47.6 Å². The van der Waals surface area contributed by atoms with Crippen LogP contribution < -0.4 is 10.2 Å². The molecule has 1 amide bonds. The molecule has 0 atom stereocenters. The van der Waals surface area contributed by atoms with Gasteiger partial charge < -0.3 is 10.2 Å². The Bertz CT molecular complexity index is 1320. The van der Waals surface area contributed by atoms with Gasteiger partial charge in [-0.05, 0) is 36.4 Å². The second kappa shape index (κ2) is 11.6. The summed E-state index contributed by atoms with van der Waals surface area (Å²) in [6.45, 7) is 6.49. The van der Waals surface area contributed by atoms with Crippen LogP contribution in [-0.2, 0) is 21.4 Å². The number of aromatic nitrogens is 3. The molecule has 0 bridgehead atoms. The molecule has 2 aromatic carbocycles. The van der Waals surface area contributed by atoms with E-state index in [0.29, 0.717) is 43.6 Å². The zero-order valence-corrected chi connectivity index (χ0v) is 23.0. The monoisotopic (exact) mass is 590 g/mol. The zero-order chi connectivity index (χ0) is 25.7. The number of allylic oxidation sites excluding steroid dienone is 1. The molecule has 0 aliphatic carbocycles. The second-order valence-corrected chi connectivity index (χ2v) is 12.1. The van der Waals surface area contributed by atoms with Crippen molar-refractivity contribution in [3.05, 3.63) is 65.7 Å². The number of carbonyl (C=O) groups excluding carboxylic acids is 1. The maximum atomic E-state index is 12.5. The fourth-order valence-corrected chi connectivity index (χ4v) is 5.54. The molecule has 0 unspecified atom stereocenters. The predicted molar refractivity (Wildman–Crippen MR) is 148 cm³/mol. The topological polar surface area (TPSA) is 100 Å². The van der Waals surface area contributed by atoms with Crippen LogP contribution in [0.3, 0.4) is 0 Å². The van der Waals surface area contributed by atoms with Crippen molar-refractivity contribution >= 4 is 55.0 Å². The molecule has 1 saturated heterocycles. The molecule has 3 aromatic rings. The van der Waals surface area contributed by atoms with Gasteiger partial charge in [0.05, 0.1) is 18.6 Å². The summed E-state index contributed by atoms with van der Waals surface area (Å²) < 4.78 is 27.6. The number of amides is 1. The SMILES string of the molecule is C=CCn1nc(SCC(=O)Nc2ccc(N3CCN(S(C)(=O)=O)CC3)cc2)nc1-c1ccc(Br)cc1. The Morgan fingerprint density at radius 1 is 1.11 bits per heavy atom. The molecule has 36 heavy (non-hydrogen) atoms. The third-order valence-corrected chi connectivity index (χ3v) is 8.28. The molecule has 1 fully saturated rings. The minimum atomic E-state index is -3.16. The van der Waals surface area contributed by atoms with Gasteiger partial charge >= 0.3 is 0 Å². The van der Waals surface area contributed by atoms with Gasteiger partial charge in [-0.25, -0.2) is 18.1 Å². The zero-order valence-electron chi connectivity index (χ0n) is 19.8. The van der Waals surface area contributed by atoms with Gasteiger partial charge in [0.1, 0.15) is 0 Å². The number of nitrogens with one attached hydrogen (secondary N) is 1. The molecule has 1 aromatic heterocycles. The van der Waals surface area contributed by atoms with Gasteiger partial charge in [-0.1, -0.05) is 45.9 Å². The summed E-state index contributed by atoms with van der Waals surface area (Å²) in [5, 5.41) is 7.95. The van der Waals surface area contributed by atoms with Crippen molar-refractivity contribution < 1.29 is 13.2 Å². The van der Waals surface area contributed by atoms with Gasteiger partial charge in [0.2, 0.25) is 21.1 Å². The Balaban J connectivity index is 1.32. The van der Waals surface area contributed by atoms with Crippen LogP contribution in [0.5, 0.6) is 0 Å². The number of hydrogen-bond donors (Lipinski definition) is 1. The highest BCUT2D eigenvalue weighted by Gasteiger charge is 2.23. The fourth-order valence-electron chi connectivity index (χ4n) is 3.81. The van der Waals surface area contributed by atoms with Gasteiger partial charge in [-0.3, -0.25) is 4.79 Å². The highest BCUT2D eigenvalue weighted by molar-refractivity contribution is 9.10. The Morgan fingerprint density at radius 2 is 1.78 bits per heavy atom. The van der Waals surface area contributed by atoms with E-state index in [1.165, 1.54) is 22.3 Å². The van der Waals surface area contributed by atoms with Crippen molar-refractivity contribution in [1.29, 1.82) is 0 Å². The number of anilines is 2. The molecular formula is C24H27BrN6O3S2. The summed E-state index contributed by atoms with van der Waals surface area (Å²) >= 11 is 4.72. The molecule has 2 heterocycles. The largest absolute Gasteiger partial charge is 0.369 e. The first kappa shape index (κ1) is 26.4. The average molecular weight is 592 g/mol. The van der Waals surface area contributed by atoms with E-state index in [4.69, 9.17) is 0 Å². The van der Waals surface area contributed by atoms with E-state index in [-0.39, 0.29) is 11.7 Å². The minimum absolute atomic E-state index is 0.153. The molecule has 9 nitrogen and oxygen atoms in total. The van der Waals surface area contributed by atoms with Crippen LogP contribution in [0.1, 0.15) is 0 Å². The maximum absolute atomic E-state index is 12.5. The van der Waals surface area contributed by atoms with Crippen LogP contribution >= 0.6 is 27.7 Å². The van der Waals surface area contributed by atoms with Gasteiger partial charge in [-0.2, -0.15) is 4.31 Å². The summed E-state index contributed by atoms with van der Waals surface area (Å²) in [7, 11) is -3.16. The molecule has 0 radical (unpaired) electrons. The Labute approximate surface area is 223 Å². The van der Waals surface area contributed by atoms with Crippen molar-refractivity contribution in [2.45, 2.75) is 11.7 Å². The smallest absolute Gasteiger partial charge is 0.234 e. The number of benzene rings is 2. The quantitative estimate of drug-likeness (QED) is 0.299. The third kappa shape index (κ3) is 6.75. The molecule has 0 spiro atoms. The number of halogens is 1. The van der Waals surface area contributed by atoms with E-state index >= 15 is 0 Å². The number of carbonyl (C=O) groups is 1. The summed E-state index contributed by atoms with van der Waals surface area (Å²) in [6.07, 6.45) is 3.00. The van der Waals surface area contributed by atoms with Crippen LogP contribution in [0.25, 0.3) is 11.4 Å². The highest BCUT2D eigenvalue weighted by Crippen LogP contribution is 2.24. The van der Waals surface area contributed by atoms with E-state index in [9.17, 15) is 13.2 Å². The molecular weight excluding hydrogens is 564 g/mol. The summed E-state index contributed by atoms with van der Waals surface area (Å²) in [5.74, 6) is 0.741. The van der Waals surface area contributed by atoms with Gasteiger partial charge in [0.15, 0.2) is 5.82 Å². The summed E-state index contributed by atoms with van der Waals surface area (Å²) in [6, 6.07) is 15.4. The van der Waals surface area contributed by atoms with Crippen molar-refractivity contribution in [2.75, 3.05) is 48.4 Å². The van der Waals surface area contributed by atoms with E-state index in [1.54, 1.807) is 10.8 Å². The average Bonchev–Trinajstić information content (AvgIpc) is 3.26. The first-order valence-electron chi connectivity index (χ1n) is 11.3. The molecule has 4 rings (SSSR count). The molecule has 190 valence electrons. The first-order chi connectivity index (χ1) is 17.2. The maximum Gasteiger partial charge on any atom is 0.234 e. The van der Waals surface area contributed by atoms with Gasteiger partial charge in [-0.15, -0.1) is 11.7 Å². The first-order valence-corrected chi connectivity index (χ1v) is 14.9. The van der Waals surface area contributed by atoms with Crippen LogP contribution in [0.2, 0.25) is 0 Å². The van der Waals surface area contributed by atoms with E-state index in [0.717, 1.165) is 21.5 Å². The van der Waals surface area contributed by atoms with E-state index < -0.39 is 10.0 Å². The van der Waals surface area contributed by atoms with Crippen LogP contribution in [-0.4, -0.2) is 71.6 Å². The number of nitrogens with zero attached hydrogens (tertiary/aromatic N) is 5. The van der Waals surface area contributed by atoms with Crippen molar-refractivity contribution in [3.63, 3.8) is 0 Å². The molecule has 1 N–H and O–H groups in total. The standard InChI is InChI=1S/C24H27BrN6O3S2/c1-3-12-31-23(18-4-6-19(25)7-5-18)27-24(28-31)35-17-22(32)26-20-8-10-21(11-9-20)29-13-15-30(16-14-29)36(2,33)34/h3-11H,1,12-17H2,2H3,(H,26,32). The Morgan fingerprint density at radius 3 is 2.39 bits per heavy atom. The van der Waals surface area contributed by atoms with Crippen LogP contribution in [0.4, 0.5) is 11.4 Å².